The molecule has 1 fully saturated rings. The van der Waals surface area contributed by atoms with Crippen molar-refractivity contribution in [1.29, 1.82) is 0 Å². The van der Waals surface area contributed by atoms with Gasteiger partial charge >= 0.3 is 0 Å². The zero-order valence-corrected chi connectivity index (χ0v) is 12.9. The first-order chi connectivity index (χ1) is 11.6. The van der Waals surface area contributed by atoms with Crippen molar-refractivity contribution in [3.05, 3.63) is 58.9 Å². The first-order valence-electron chi connectivity index (χ1n) is 7.75. The number of carbonyl (C=O) groups excluding carboxylic acids is 2. The molecule has 1 aromatic heterocycles. The Morgan fingerprint density at radius 3 is 2.46 bits per heavy atom. The van der Waals surface area contributed by atoms with E-state index in [2.05, 4.69) is 15.6 Å². The Kier molecular flexibility index (Phi) is 4.71. The van der Waals surface area contributed by atoms with Gasteiger partial charge in [0.2, 0.25) is 0 Å². The third kappa shape index (κ3) is 3.35. The van der Waals surface area contributed by atoms with E-state index < -0.39 is 23.0 Å². The van der Waals surface area contributed by atoms with Crippen molar-refractivity contribution in [3.8, 4) is 0 Å². The summed E-state index contributed by atoms with van der Waals surface area (Å²) in [4.78, 5) is 27.2. The van der Waals surface area contributed by atoms with Crippen LogP contribution in [0.1, 0.15) is 39.3 Å². The highest BCUT2D eigenvalue weighted by atomic mass is 19.1. The molecular formula is C17H17F2N3O2. The molecule has 1 aromatic carbocycles. The number of hydrogen-bond donors (Lipinski definition) is 3. The van der Waals surface area contributed by atoms with E-state index in [4.69, 9.17) is 0 Å². The molecule has 0 radical (unpaired) electrons. The van der Waals surface area contributed by atoms with Gasteiger partial charge in [-0.1, -0.05) is 6.07 Å². The second-order valence-corrected chi connectivity index (χ2v) is 5.73. The van der Waals surface area contributed by atoms with Crippen molar-refractivity contribution >= 4 is 11.7 Å². The van der Waals surface area contributed by atoms with Gasteiger partial charge in [0.25, 0.3) is 5.91 Å². The van der Waals surface area contributed by atoms with Crippen molar-refractivity contribution < 1.29 is 18.4 Å². The molecule has 0 spiro atoms. The summed E-state index contributed by atoms with van der Waals surface area (Å²) in [6.45, 7) is 1.68. The van der Waals surface area contributed by atoms with E-state index in [1.54, 1.807) is 0 Å². The fourth-order valence-electron chi connectivity index (χ4n) is 2.75. The molecule has 24 heavy (non-hydrogen) atoms. The number of piperidine rings is 1. The molecule has 2 aromatic rings. The molecular weight excluding hydrogens is 316 g/mol. The number of halogens is 2. The Balaban J connectivity index is 1.75. The van der Waals surface area contributed by atoms with Crippen molar-refractivity contribution in [2.75, 3.05) is 13.1 Å². The monoisotopic (exact) mass is 333 g/mol. The predicted octanol–water partition coefficient (Wildman–Crippen LogP) is 2.01. The van der Waals surface area contributed by atoms with Gasteiger partial charge in [0.05, 0.1) is 5.56 Å². The highest BCUT2D eigenvalue weighted by molar-refractivity contribution is 6.10. The fourth-order valence-corrected chi connectivity index (χ4v) is 2.75. The van der Waals surface area contributed by atoms with Crippen LogP contribution in [0.2, 0.25) is 0 Å². The van der Waals surface area contributed by atoms with Crippen molar-refractivity contribution in [1.82, 2.24) is 15.6 Å². The van der Waals surface area contributed by atoms with Crippen molar-refractivity contribution in [3.63, 3.8) is 0 Å². The van der Waals surface area contributed by atoms with Crippen molar-refractivity contribution in [2.24, 2.45) is 0 Å². The SMILES string of the molecule is O=C(NC1CCNCC1)c1cc(C(=O)c2c(F)cccc2F)c[nH]1. The largest absolute Gasteiger partial charge is 0.356 e. The van der Waals surface area contributed by atoms with Crippen LogP contribution < -0.4 is 10.6 Å². The lowest BCUT2D eigenvalue weighted by molar-refractivity contribution is 0.0925. The van der Waals surface area contributed by atoms with E-state index in [1.807, 2.05) is 0 Å². The highest BCUT2D eigenvalue weighted by Crippen LogP contribution is 2.18. The first-order valence-corrected chi connectivity index (χ1v) is 7.75. The van der Waals surface area contributed by atoms with Gasteiger partial charge in [-0.3, -0.25) is 9.59 Å². The maximum absolute atomic E-state index is 13.7. The molecule has 1 aliphatic heterocycles. The smallest absolute Gasteiger partial charge is 0.267 e. The van der Waals surface area contributed by atoms with E-state index in [1.165, 1.54) is 18.3 Å². The Bertz CT molecular complexity index is 747. The number of hydrogen-bond acceptors (Lipinski definition) is 3. The third-order valence-corrected chi connectivity index (χ3v) is 4.05. The quantitative estimate of drug-likeness (QED) is 0.749. The molecule has 126 valence electrons. The summed E-state index contributed by atoms with van der Waals surface area (Å²) in [6.07, 6.45) is 2.95. The van der Waals surface area contributed by atoms with E-state index >= 15 is 0 Å². The zero-order chi connectivity index (χ0) is 17.1. The summed E-state index contributed by atoms with van der Waals surface area (Å²) in [6, 6.07) is 4.62. The molecule has 0 bridgehead atoms. The molecule has 3 N–H and O–H groups in total. The molecule has 0 atom stereocenters. The topological polar surface area (TPSA) is 74.0 Å². The van der Waals surface area contributed by atoms with Crippen LogP contribution in [0.4, 0.5) is 8.78 Å². The number of benzene rings is 1. The number of H-pyrrole nitrogens is 1. The van der Waals surface area contributed by atoms with E-state index in [9.17, 15) is 18.4 Å². The van der Waals surface area contributed by atoms with Gasteiger partial charge in [0, 0.05) is 17.8 Å². The number of carbonyl (C=O) groups is 2. The summed E-state index contributed by atoms with van der Waals surface area (Å²) < 4.78 is 27.4. The molecule has 1 saturated heterocycles. The normalized spacial score (nSPS) is 15.2. The third-order valence-electron chi connectivity index (χ3n) is 4.05. The number of rotatable bonds is 4. The molecule has 0 saturated carbocycles. The minimum Gasteiger partial charge on any atom is -0.356 e. The van der Waals surface area contributed by atoms with Crippen LogP contribution in [0.15, 0.2) is 30.5 Å². The van der Waals surface area contributed by atoms with Crippen LogP contribution in [-0.4, -0.2) is 35.8 Å². The molecule has 1 aliphatic rings. The highest BCUT2D eigenvalue weighted by Gasteiger charge is 2.22. The maximum atomic E-state index is 13.7. The Hall–Kier alpha value is -2.54. The lowest BCUT2D eigenvalue weighted by Crippen LogP contribution is -2.42. The molecule has 5 nitrogen and oxygen atoms in total. The van der Waals surface area contributed by atoms with Gasteiger partial charge in [0.1, 0.15) is 17.3 Å². The first kappa shape index (κ1) is 16.3. The van der Waals surface area contributed by atoms with Crippen molar-refractivity contribution in [2.45, 2.75) is 18.9 Å². The molecule has 2 heterocycles. The Labute approximate surface area is 137 Å². The number of nitrogens with one attached hydrogen (secondary N) is 3. The van der Waals surface area contributed by atoms with Gasteiger partial charge in [-0.2, -0.15) is 0 Å². The lowest BCUT2D eigenvalue weighted by atomic mass is 10.0. The van der Waals surface area contributed by atoms with Crippen LogP contribution in [0.25, 0.3) is 0 Å². The van der Waals surface area contributed by atoms with Crippen LogP contribution in [-0.2, 0) is 0 Å². The predicted molar refractivity (Wildman–Crippen MR) is 83.9 cm³/mol. The number of ketones is 1. The van der Waals surface area contributed by atoms with Crippen LogP contribution in [0, 0.1) is 11.6 Å². The summed E-state index contributed by atoms with van der Waals surface area (Å²) in [5.41, 5.74) is -0.398. The minimum atomic E-state index is -0.929. The van der Waals surface area contributed by atoms with Crippen LogP contribution in [0.3, 0.4) is 0 Å². The summed E-state index contributed by atoms with van der Waals surface area (Å²) in [7, 11) is 0. The zero-order valence-electron chi connectivity index (χ0n) is 12.9. The Morgan fingerprint density at radius 1 is 1.12 bits per heavy atom. The van der Waals surface area contributed by atoms with Gasteiger partial charge in [0.15, 0.2) is 5.78 Å². The van der Waals surface area contributed by atoms with E-state index in [0.29, 0.717) is 0 Å². The molecule has 0 aliphatic carbocycles. The van der Waals surface area contributed by atoms with Crippen LogP contribution >= 0.6 is 0 Å². The second kappa shape index (κ2) is 6.92. The summed E-state index contributed by atoms with van der Waals surface area (Å²) in [5.74, 6) is -3.00. The summed E-state index contributed by atoms with van der Waals surface area (Å²) >= 11 is 0. The molecule has 1 amide bonds. The molecule has 0 unspecified atom stereocenters. The van der Waals surface area contributed by atoms with E-state index in [0.717, 1.165) is 38.1 Å². The molecule has 7 heteroatoms. The van der Waals surface area contributed by atoms with Gasteiger partial charge in [-0.15, -0.1) is 0 Å². The molecule has 3 rings (SSSR count). The Morgan fingerprint density at radius 2 is 1.79 bits per heavy atom. The maximum Gasteiger partial charge on any atom is 0.267 e. The summed E-state index contributed by atoms with van der Waals surface area (Å²) in [5, 5.41) is 6.08. The average molecular weight is 333 g/mol. The van der Waals surface area contributed by atoms with Crippen LogP contribution in [0.5, 0.6) is 0 Å². The van der Waals surface area contributed by atoms with Gasteiger partial charge < -0.3 is 15.6 Å². The number of aromatic nitrogens is 1. The van der Waals surface area contributed by atoms with Gasteiger partial charge in [-0.25, -0.2) is 8.78 Å². The second-order valence-electron chi connectivity index (χ2n) is 5.73. The van der Waals surface area contributed by atoms with E-state index in [-0.39, 0.29) is 23.2 Å². The minimum absolute atomic E-state index is 0.0365. The number of aromatic amines is 1. The standard InChI is InChI=1S/C17H17F2N3O2/c18-12-2-1-3-13(19)15(12)16(23)10-8-14(21-9-10)17(24)22-11-4-6-20-7-5-11/h1-3,8-9,11,20-21H,4-7H2,(H,22,24). The lowest BCUT2D eigenvalue weighted by Gasteiger charge is -2.23. The van der Waals surface area contributed by atoms with Gasteiger partial charge in [-0.05, 0) is 44.1 Å². The number of amides is 1. The average Bonchev–Trinajstić information content (AvgIpc) is 3.05. The fraction of sp³-hybridized carbons (Fsp3) is 0.294.